The van der Waals surface area contributed by atoms with Gasteiger partial charge in [-0.2, -0.15) is 0 Å². The van der Waals surface area contributed by atoms with Crippen LogP contribution in [-0.2, 0) is 25.6 Å². The van der Waals surface area contributed by atoms with E-state index >= 15 is 0 Å². The van der Waals surface area contributed by atoms with E-state index in [1.165, 1.54) is 0 Å². The lowest BCUT2D eigenvalue weighted by atomic mass is 10.0. The van der Waals surface area contributed by atoms with Crippen molar-refractivity contribution < 1.29 is 34.0 Å². The molecular formula is C28H30O7. The van der Waals surface area contributed by atoms with Gasteiger partial charge in [0.2, 0.25) is 0 Å². The zero-order chi connectivity index (χ0) is 24.5. The number of rotatable bonds is 11. The number of hydrogen-bond acceptors (Lipinski definition) is 7. The van der Waals surface area contributed by atoms with Crippen molar-refractivity contribution >= 4 is 5.97 Å². The predicted octanol–water partition coefficient (Wildman–Crippen LogP) is 3.65. The van der Waals surface area contributed by atoms with E-state index in [1.54, 1.807) is 30.3 Å². The summed E-state index contributed by atoms with van der Waals surface area (Å²) in [4.78, 5) is 12.7. The molecule has 7 nitrogen and oxygen atoms in total. The van der Waals surface area contributed by atoms with Crippen molar-refractivity contribution in [2.45, 2.75) is 43.7 Å². The van der Waals surface area contributed by atoms with Crippen molar-refractivity contribution in [3.63, 3.8) is 0 Å². The summed E-state index contributed by atoms with van der Waals surface area (Å²) in [5, 5.41) is 20.1. The minimum Gasteiger partial charge on any atom is -0.456 e. The SMILES string of the molecule is O=C(O[C@@H](C[C@@H](OCc1ccccc1)[C@@H]1COC(c2ccccc2)O1)[C@H](O)CO)c1ccccc1. The second kappa shape index (κ2) is 12.6. The maximum absolute atomic E-state index is 12.7. The normalized spacial score (nSPS) is 20.2. The Balaban J connectivity index is 1.49. The Labute approximate surface area is 204 Å². The zero-order valence-corrected chi connectivity index (χ0v) is 19.3. The average Bonchev–Trinajstić information content (AvgIpc) is 3.41. The average molecular weight is 479 g/mol. The van der Waals surface area contributed by atoms with E-state index in [1.807, 2.05) is 60.7 Å². The summed E-state index contributed by atoms with van der Waals surface area (Å²) in [5.41, 5.74) is 2.21. The largest absolute Gasteiger partial charge is 0.456 e. The third-order valence-corrected chi connectivity index (χ3v) is 5.85. The Morgan fingerprint density at radius 1 is 0.943 bits per heavy atom. The molecule has 0 radical (unpaired) electrons. The summed E-state index contributed by atoms with van der Waals surface area (Å²) in [5.74, 6) is -0.587. The fourth-order valence-corrected chi connectivity index (χ4v) is 3.91. The van der Waals surface area contributed by atoms with Crippen molar-refractivity contribution in [1.29, 1.82) is 0 Å². The van der Waals surface area contributed by atoms with Crippen LogP contribution in [0.5, 0.6) is 0 Å². The van der Waals surface area contributed by atoms with E-state index < -0.39 is 43.3 Å². The molecule has 1 aliphatic heterocycles. The van der Waals surface area contributed by atoms with Gasteiger partial charge in [-0.05, 0) is 17.7 Å². The summed E-state index contributed by atoms with van der Waals surface area (Å²) < 4.78 is 23.9. The van der Waals surface area contributed by atoms with Crippen LogP contribution in [0.1, 0.15) is 34.2 Å². The Kier molecular flexibility index (Phi) is 9.00. The summed E-state index contributed by atoms with van der Waals surface area (Å²) >= 11 is 0. The van der Waals surface area contributed by atoms with Crippen LogP contribution in [0.3, 0.4) is 0 Å². The first-order valence-electron chi connectivity index (χ1n) is 11.7. The number of carbonyl (C=O) groups is 1. The third kappa shape index (κ3) is 6.97. The Morgan fingerprint density at radius 2 is 1.57 bits per heavy atom. The molecule has 0 aromatic heterocycles. The van der Waals surface area contributed by atoms with Crippen molar-refractivity contribution in [2.24, 2.45) is 0 Å². The monoisotopic (exact) mass is 478 g/mol. The first kappa shape index (κ1) is 25.0. The Bertz CT molecular complexity index is 1030. The second-order valence-corrected chi connectivity index (χ2v) is 8.38. The standard InChI is InChI=1S/C28H30O7/c29-17-23(30)24(34-27(31)21-12-6-2-7-13-21)16-25(32-18-20-10-4-1-5-11-20)26-19-33-28(35-26)22-14-8-3-9-15-22/h1-15,23-26,28-30H,16-19H2/t23-,24+,25-,26+,28?/m1/s1. The van der Waals surface area contributed by atoms with Crippen LogP contribution in [0.2, 0.25) is 0 Å². The quantitative estimate of drug-likeness (QED) is 0.406. The molecule has 4 rings (SSSR count). The van der Waals surface area contributed by atoms with Gasteiger partial charge in [-0.1, -0.05) is 78.9 Å². The van der Waals surface area contributed by atoms with Crippen LogP contribution in [0.4, 0.5) is 0 Å². The summed E-state index contributed by atoms with van der Waals surface area (Å²) in [6.45, 7) is 0.0103. The molecule has 2 N–H and O–H groups in total. The molecule has 1 saturated heterocycles. The van der Waals surface area contributed by atoms with Gasteiger partial charge in [0.05, 0.1) is 31.5 Å². The third-order valence-electron chi connectivity index (χ3n) is 5.85. The maximum Gasteiger partial charge on any atom is 0.338 e. The van der Waals surface area contributed by atoms with Gasteiger partial charge in [0.25, 0.3) is 0 Å². The van der Waals surface area contributed by atoms with Gasteiger partial charge in [-0.15, -0.1) is 0 Å². The fourth-order valence-electron chi connectivity index (χ4n) is 3.91. The van der Waals surface area contributed by atoms with Gasteiger partial charge < -0.3 is 29.2 Å². The molecule has 0 aliphatic carbocycles. The molecule has 0 bridgehead atoms. The summed E-state index contributed by atoms with van der Waals surface area (Å²) in [6, 6.07) is 27.8. The maximum atomic E-state index is 12.7. The van der Waals surface area contributed by atoms with E-state index in [9.17, 15) is 15.0 Å². The van der Waals surface area contributed by atoms with Crippen LogP contribution < -0.4 is 0 Å². The molecule has 0 spiro atoms. The first-order chi connectivity index (χ1) is 17.1. The topological polar surface area (TPSA) is 94.5 Å². The number of aliphatic hydroxyl groups excluding tert-OH is 2. The smallest absolute Gasteiger partial charge is 0.338 e. The van der Waals surface area contributed by atoms with Crippen molar-refractivity contribution in [2.75, 3.05) is 13.2 Å². The Hall–Kier alpha value is -3.07. The highest BCUT2D eigenvalue weighted by atomic mass is 16.7. The van der Waals surface area contributed by atoms with Crippen LogP contribution in [0, 0.1) is 0 Å². The summed E-state index contributed by atoms with van der Waals surface area (Å²) in [7, 11) is 0. The molecule has 3 aromatic carbocycles. The van der Waals surface area contributed by atoms with E-state index in [4.69, 9.17) is 18.9 Å². The molecule has 3 aromatic rings. The van der Waals surface area contributed by atoms with Crippen LogP contribution in [0.15, 0.2) is 91.0 Å². The number of esters is 1. The van der Waals surface area contributed by atoms with E-state index in [2.05, 4.69) is 0 Å². The van der Waals surface area contributed by atoms with Gasteiger partial charge in [0, 0.05) is 12.0 Å². The Morgan fingerprint density at radius 3 is 2.23 bits per heavy atom. The fraction of sp³-hybridized carbons (Fsp3) is 0.321. The molecule has 7 heteroatoms. The lowest BCUT2D eigenvalue weighted by Crippen LogP contribution is -2.41. The second-order valence-electron chi connectivity index (χ2n) is 8.38. The van der Waals surface area contributed by atoms with E-state index in [0.29, 0.717) is 12.2 Å². The van der Waals surface area contributed by atoms with Gasteiger partial charge in [0.1, 0.15) is 18.3 Å². The van der Waals surface area contributed by atoms with Gasteiger partial charge in [-0.25, -0.2) is 4.79 Å². The van der Waals surface area contributed by atoms with Crippen LogP contribution >= 0.6 is 0 Å². The molecule has 184 valence electrons. The highest BCUT2D eigenvalue weighted by Crippen LogP contribution is 2.31. The zero-order valence-electron chi connectivity index (χ0n) is 19.3. The van der Waals surface area contributed by atoms with Gasteiger partial charge >= 0.3 is 5.97 Å². The van der Waals surface area contributed by atoms with Gasteiger partial charge in [-0.3, -0.25) is 0 Å². The highest BCUT2D eigenvalue weighted by Gasteiger charge is 2.37. The lowest BCUT2D eigenvalue weighted by molar-refractivity contribution is -0.121. The van der Waals surface area contributed by atoms with Crippen LogP contribution in [-0.4, -0.2) is 53.8 Å². The minimum absolute atomic E-state index is 0.114. The molecular weight excluding hydrogens is 448 g/mol. The van der Waals surface area contributed by atoms with Crippen molar-refractivity contribution in [1.82, 2.24) is 0 Å². The highest BCUT2D eigenvalue weighted by molar-refractivity contribution is 5.89. The number of aliphatic hydroxyl groups is 2. The molecule has 1 aliphatic rings. The number of carbonyl (C=O) groups excluding carboxylic acids is 1. The number of ether oxygens (including phenoxy) is 4. The molecule has 0 amide bonds. The number of benzene rings is 3. The molecule has 5 atom stereocenters. The first-order valence-corrected chi connectivity index (χ1v) is 11.7. The van der Waals surface area contributed by atoms with Crippen LogP contribution in [0.25, 0.3) is 0 Å². The molecule has 0 saturated carbocycles. The number of hydrogen-bond donors (Lipinski definition) is 2. The molecule has 35 heavy (non-hydrogen) atoms. The van der Waals surface area contributed by atoms with E-state index in [0.717, 1.165) is 11.1 Å². The van der Waals surface area contributed by atoms with E-state index in [-0.39, 0.29) is 13.0 Å². The molecule has 1 heterocycles. The van der Waals surface area contributed by atoms with Gasteiger partial charge in [0.15, 0.2) is 6.29 Å². The minimum atomic E-state index is -1.28. The van der Waals surface area contributed by atoms with Crippen molar-refractivity contribution in [3.8, 4) is 0 Å². The van der Waals surface area contributed by atoms with Crippen molar-refractivity contribution in [3.05, 3.63) is 108 Å². The summed E-state index contributed by atoms with van der Waals surface area (Å²) in [6.07, 6.45) is -3.75. The molecule has 1 unspecified atom stereocenters. The predicted molar refractivity (Wildman–Crippen MR) is 128 cm³/mol. The molecule has 1 fully saturated rings. The lowest BCUT2D eigenvalue weighted by Gasteiger charge is -2.29.